The number of rotatable bonds is 4. The largest absolute Gasteiger partial charge is 0.497 e. The third kappa shape index (κ3) is 3.64. The fraction of sp³-hybridized carbons (Fsp3) is 0.100. The van der Waals surface area contributed by atoms with Crippen molar-refractivity contribution in [3.8, 4) is 16.2 Å². The molecule has 0 spiro atoms. The smallest absolute Gasteiger partial charge is 0.362 e. The number of nitrogens with zero attached hydrogens (tertiary/aromatic N) is 1. The van der Waals surface area contributed by atoms with Crippen LogP contribution in [0.3, 0.4) is 0 Å². The molecule has 0 radical (unpaired) electrons. The van der Waals surface area contributed by atoms with Crippen molar-refractivity contribution < 1.29 is 14.4 Å². The predicted molar refractivity (Wildman–Crippen MR) is 110 cm³/mol. The summed E-state index contributed by atoms with van der Waals surface area (Å²) in [6.07, 6.45) is 1.65. The quantitative estimate of drug-likeness (QED) is 0.672. The Labute approximate surface area is 170 Å². The molecule has 2 aromatic carbocycles. The minimum absolute atomic E-state index is 0.0100. The number of ether oxygens (including phenoxy) is 1. The molecule has 27 heavy (non-hydrogen) atoms. The molecular weight excluding hydrogens is 403 g/mol. The van der Waals surface area contributed by atoms with Gasteiger partial charge in [0.1, 0.15) is 12.3 Å². The van der Waals surface area contributed by atoms with Gasteiger partial charge < -0.3 is 4.74 Å². The van der Waals surface area contributed by atoms with Crippen LogP contribution in [0.1, 0.15) is 15.2 Å². The molecule has 0 bridgehead atoms. The van der Waals surface area contributed by atoms with Gasteiger partial charge in [-0.25, -0.2) is 14.7 Å². The van der Waals surface area contributed by atoms with Crippen LogP contribution < -0.4 is 9.64 Å². The van der Waals surface area contributed by atoms with Crippen LogP contribution >= 0.6 is 34.5 Å². The lowest BCUT2D eigenvalue weighted by Gasteiger charge is -2.14. The number of carbonyl (C=O) groups excluding carboxylic acids is 1. The third-order valence-electron chi connectivity index (χ3n) is 4.32. The molecule has 1 N–H and O–H groups in total. The van der Waals surface area contributed by atoms with Crippen LogP contribution in [0.25, 0.3) is 10.4 Å². The van der Waals surface area contributed by atoms with E-state index in [0.29, 0.717) is 32.1 Å². The molecule has 136 valence electrons. The number of hydrogen-bond acceptors (Lipinski definition) is 4. The fourth-order valence-electron chi connectivity index (χ4n) is 2.88. The maximum absolute atomic E-state index is 12.9. The van der Waals surface area contributed by atoms with Gasteiger partial charge in [-0.2, -0.15) is 0 Å². The second kappa shape index (κ2) is 7.44. The molecule has 3 aromatic rings. The van der Waals surface area contributed by atoms with Crippen molar-refractivity contribution in [3.05, 3.63) is 69.0 Å². The average Bonchev–Trinajstić information content (AvgIpc) is 3.12. The summed E-state index contributed by atoms with van der Waals surface area (Å²) in [6, 6.07) is 15.1. The molecule has 0 fully saturated rings. The number of methoxy groups -OCH3 is 1. The van der Waals surface area contributed by atoms with Gasteiger partial charge in [-0.3, -0.25) is 0 Å². The minimum Gasteiger partial charge on any atom is -0.497 e. The number of halogens is 2. The van der Waals surface area contributed by atoms with Crippen molar-refractivity contribution >= 4 is 52.5 Å². The summed E-state index contributed by atoms with van der Waals surface area (Å²) in [5, 5.41) is 0.979. The summed E-state index contributed by atoms with van der Waals surface area (Å²) in [7, 11) is 1.64. The second-order valence-electron chi connectivity index (χ2n) is 6.09. The van der Waals surface area contributed by atoms with Crippen molar-refractivity contribution in [2.45, 2.75) is 6.54 Å². The van der Waals surface area contributed by atoms with E-state index in [1.54, 1.807) is 25.6 Å². The molecule has 1 aliphatic heterocycles. The van der Waals surface area contributed by atoms with E-state index in [1.807, 2.05) is 36.4 Å². The number of nitrogens with one attached hydrogen (secondary N) is 1. The first-order chi connectivity index (χ1) is 13.0. The zero-order chi connectivity index (χ0) is 19.0. The zero-order valence-electron chi connectivity index (χ0n) is 14.3. The third-order valence-corrected chi connectivity index (χ3v) is 6.23. The standard InChI is InChI=1S/C20H14Cl2N2O2S/c1-26-14-5-3-13(4-6-14)18-9-17-19(27-18)20(25)24(11-23-17)10-12-2-7-15(21)16(22)8-12/h2-9,11H,10H2,1H3/p+1. The summed E-state index contributed by atoms with van der Waals surface area (Å²) in [6.45, 7) is 0.467. The molecule has 2 heterocycles. The number of quaternary nitrogens is 1. The summed E-state index contributed by atoms with van der Waals surface area (Å²) >= 11 is 13.5. The highest BCUT2D eigenvalue weighted by molar-refractivity contribution is 7.18. The molecule has 1 atom stereocenters. The van der Waals surface area contributed by atoms with Crippen LogP contribution in [0, 0.1) is 0 Å². The lowest BCUT2D eigenvalue weighted by molar-refractivity contribution is -0.721. The van der Waals surface area contributed by atoms with Crippen molar-refractivity contribution in [1.82, 2.24) is 0 Å². The normalized spacial score (nSPS) is 15.7. The highest BCUT2D eigenvalue weighted by Crippen LogP contribution is 2.37. The first-order valence-electron chi connectivity index (χ1n) is 8.22. The SMILES string of the molecule is COc1ccc(-c2cc3c(s2)C(=O)[NH+](Cc2ccc(Cl)c(Cl)c2)C=N3)cc1. The number of hydrogen-bond donors (Lipinski definition) is 1. The lowest BCUT2D eigenvalue weighted by Crippen LogP contribution is -3.12. The van der Waals surface area contributed by atoms with Gasteiger partial charge in [0.15, 0.2) is 11.2 Å². The van der Waals surface area contributed by atoms with Crippen molar-refractivity contribution in [3.63, 3.8) is 0 Å². The van der Waals surface area contributed by atoms with Crippen LogP contribution in [-0.4, -0.2) is 19.4 Å². The van der Waals surface area contributed by atoms with Gasteiger partial charge >= 0.3 is 5.91 Å². The number of benzene rings is 2. The van der Waals surface area contributed by atoms with E-state index < -0.39 is 0 Å². The molecule has 1 amide bonds. The Morgan fingerprint density at radius 3 is 2.56 bits per heavy atom. The van der Waals surface area contributed by atoms with Gasteiger partial charge in [0, 0.05) is 10.4 Å². The number of aliphatic imine (C=N–C) groups is 1. The molecule has 7 heteroatoms. The zero-order valence-corrected chi connectivity index (χ0v) is 16.7. The van der Waals surface area contributed by atoms with Gasteiger partial charge in [-0.15, -0.1) is 11.3 Å². The van der Waals surface area contributed by atoms with E-state index in [2.05, 4.69) is 4.99 Å². The van der Waals surface area contributed by atoms with E-state index in [-0.39, 0.29) is 5.91 Å². The van der Waals surface area contributed by atoms with Crippen LogP contribution in [0.5, 0.6) is 5.75 Å². The summed E-state index contributed by atoms with van der Waals surface area (Å²) in [5.74, 6) is 0.808. The number of fused-ring (bicyclic) bond motifs is 1. The molecule has 0 aliphatic carbocycles. The Balaban J connectivity index is 1.58. The molecule has 4 nitrogen and oxygen atoms in total. The van der Waals surface area contributed by atoms with Crippen LogP contribution in [0.4, 0.5) is 5.69 Å². The van der Waals surface area contributed by atoms with E-state index in [9.17, 15) is 4.79 Å². The summed E-state index contributed by atoms with van der Waals surface area (Å²) in [4.78, 5) is 19.7. The molecule has 4 rings (SSSR count). The average molecular weight is 418 g/mol. The first-order valence-corrected chi connectivity index (χ1v) is 9.79. The second-order valence-corrected chi connectivity index (χ2v) is 7.96. The Hall–Kier alpha value is -2.18. The Bertz CT molecular complexity index is 1040. The maximum atomic E-state index is 12.9. The molecule has 0 saturated carbocycles. The fourth-order valence-corrected chi connectivity index (χ4v) is 4.29. The van der Waals surface area contributed by atoms with Crippen LogP contribution in [0.15, 0.2) is 53.5 Å². The van der Waals surface area contributed by atoms with Crippen molar-refractivity contribution in [2.75, 3.05) is 7.11 Å². The minimum atomic E-state index is 0.0100. The summed E-state index contributed by atoms with van der Waals surface area (Å²) < 4.78 is 5.19. The molecule has 1 aromatic heterocycles. The molecule has 0 saturated heterocycles. The van der Waals surface area contributed by atoms with Gasteiger partial charge in [0.05, 0.1) is 22.8 Å². The molecule has 1 unspecified atom stereocenters. The van der Waals surface area contributed by atoms with Crippen LogP contribution in [0.2, 0.25) is 10.0 Å². The highest BCUT2D eigenvalue weighted by atomic mass is 35.5. The van der Waals surface area contributed by atoms with Gasteiger partial charge in [-0.1, -0.05) is 29.3 Å². The first kappa shape index (κ1) is 18.2. The molecular formula is C20H15Cl2N2O2S+. The number of amides is 1. The topological polar surface area (TPSA) is 43.1 Å². The molecule has 1 aliphatic rings. The number of carbonyl (C=O) groups is 1. The van der Waals surface area contributed by atoms with E-state index >= 15 is 0 Å². The highest BCUT2D eigenvalue weighted by Gasteiger charge is 2.30. The van der Waals surface area contributed by atoms with Gasteiger partial charge in [-0.05, 0) is 48.0 Å². The van der Waals surface area contributed by atoms with E-state index in [4.69, 9.17) is 27.9 Å². The Kier molecular flexibility index (Phi) is 5.02. The van der Waals surface area contributed by atoms with Gasteiger partial charge in [0.2, 0.25) is 0 Å². The maximum Gasteiger partial charge on any atom is 0.362 e. The number of thiophene rings is 1. The monoisotopic (exact) mass is 417 g/mol. The van der Waals surface area contributed by atoms with Crippen molar-refractivity contribution in [1.29, 1.82) is 0 Å². The lowest BCUT2D eigenvalue weighted by atomic mass is 10.1. The Morgan fingerprint density at radius 1 is 1.07 bits per heavy atom. The van der Waals surface area contributed by atoms with E-state index in [1.165, 1.54) is 11.3 Å². The van der Waals surface area contributed by atoms with E-state index in [0.717, 1.165) is 21.8 Å². The summed E-state index contributed by atoms with van der Waals surface area (Å²) in [5.41, 5.74) is 2.67. The van der Waals surface area contributed by atoms with Gasteiger partial charge in [0.25, 0.3) is 0 Å². The van der Waals surface area contributed by atoms with Crippen molar-refractivity contribution in [2.24, 2.45) is 4.99 Å². The van der Waals surface area contributed by atoms with Crippen LogP contribution in [-0.2, 0) is 6.54 Å². The Morgan fingerprint density at radius 2 is 1.85 bits per heavy atom. The predicted octanol–water partition coefficient (Wildman–Crippen LogP) is 4.63.